The van der Waals surface area contributed by atoms with Crippen molar-refractivity contribution in [2.45, 2.75) is 31.6 Å². The Hall–Kier alpha value is -2.75. The number of carbonyl (C=O) groups excluding carboxylic acids is 1. The van der Waals surface area contributed by atoms with E-state index >= 15 is 0 Å². The zero-order valence-corrected chi connectivity index (χ0v) is 20.0. The zero-order valence-electron chi connectivity index (χ0n) is 18.4. The van der Waals surface area contributed by atoms with E-state index in [9.17, 15) is 13.2 Å². The first kappa shape index (κ1) is 23.9. The van der Waals surface area contributed by atoms with Crippen LogP contribution in [0.3, 0.4) is 0 Å². The van der Waals surface area contributed by atoms with Gasteiger partial charge in [-0.25, -0.2) is 13.4 Å². The van der Waals surface area contributed by atoms with Crippen molar-refractivity contribution < 1.29 is 17.9 Å². The van der Waals surface area contributed by atoms with Crippen molar-refractivity contribution in [1.82, 2.24) is 9.29 Å². The highest BCUT2D eigenvalue weighted by Crippen LogP contribution is 2.27. The number of carbonyl (C=O) groups is 1. The van der Waals surface area contributed by atoms with E-state index in [1.165, 1.54) is 39.9 Å². The van der Waals surface area contributed by atoms with E-state index in [1.807, 2.05) is 43.5 Å². The van der Waals surface area contributed by atoms with Crippen molar-refractivity contribution in [2.75, 3.05) is 25.5 Å². The van der Waals surface area contributed by atoms with Crippen LogP contribution in [-0.2, 0) is 10.0 Å². The fourth-order valence-corrected chi connectivity index (χ4v) is 5.51. The van der Waals surface area contributed by atoms with E-state index in [0.717, 1.165) is 29.8 Å². The van der Waals surface area contributed by atoms with Gasteiger partial charge in [-0.2, -0.15) is 4.31 Å². The minimum atomic E-state index is -3.58. The Kier molecular flexibility index (Phi) is 8.00. The molecule has 1 amide bonds. The van der Waals surface area contributed by atoms with E-state index in [4.69, 9.17) is 4.74 Å². The summed E-state index contributed by atoms with van der Waals surface area (Å²) in [5.41, 5.74) is 2.03. The van der Waals surface area contributed by atoms with Crippen LogP contribution in [0, 0.1) is 0 Å². The number of hydrogen-bond donors (Lipinski definition) is 1. The van der Waals surface area contributed by atoms with Gasteiger partial charge in [-0.05, 0) is 61.4 Å². The van der Waals surface area contributed by atoms with Gasteiger partial charge >= 0.3 is 0 Å². The molecule has 0 unspecified atom stereocenters. The van der Waals surface area contributed by atoms with Crippen LogP contribution in [0.5, 0.6) is 5.75 Å². The Labute approximate surface area is 193 Å². The topological polar surface area (TPSA) is 88.6 Å². The van der Waals surface area contributed by atoms with E-state index < -0.39 is 10.0 Å². The lowest BCUT2D eigenvalue weighted by molar-refractivity contribution is 0.102. The molecule has 1 N–H and O–H groups in total. The molecular weight excluding hydrogens is 446 g/mol. The number of nitrogens with zero attached hydrogens (tertiary/aromatic N) is 2. The first-order valence-electron chi connectivity index (χ1n) is 10.4. The minimum absolute atomic E-state index is 0.187. The Morgan fingerprint density at radius 3 is 2.22 bits per heavy atom. The summed E-state index contributed by atoms with van der Waals surface area (Å²) in [7, 11) is -1.97. The van der Waals surface area contributed by atoms with Gasteiger partial charge in [0, 0.05) is 29.6 Å². The highest BCUT2D eigenvalue weighted by atomic mass is 32.2. The van der Waals surface area contributed by atoms with Gasteiger partial charge < -0.3 is 4.74 Å². The summed E-state index contributed by atoms with van der Waals surface area (Å²) in [4.78, 5) is 17.3. The molecule has 0 bridgehead atoms. The Morgan fingerprint density at radius 2 is 1.66 bits per heavy atom. The highest BCUT2D eigenvalue weighted by molar-refractivity contribution is 7.89. The van der Waals surface area contributed by atoms with Crippen molar-refractivity contribution in [3.05, 3.63) is 59.5 Å². The third kappa shape index (κ3) is 5.53. The van der Waals surface area contributed by atoms with E-state index in [0.29, 0.717) is 23.8 Å². The van der Waals surface area contributed by atoms with Crippen LogP contribution in [-0.4, -0.2) is 43.8 Å². The lowest BCUT2D eigenvalue weighted by atomic mass is 10.2. The number of amides is 1. The standard InChI is InChI=1S/C23H27N3O4S2/c1-4-14-26(15-5-2)32(28,29)20-12-8-18(9-13-20)22(27)25-23-24-21(16-31-23)17-6-10-19(30-3)11-7-17/h6-13,16H,4-5,14-15H2,1-3H3,(H,24,25,27). The van der Waals surface area contributed by atoms with Gasteiger partial charge in [-0.15, -0.1) is 11.3 Å². The minimum Gasteiger partial charge on any atom is -0.497 e. The average Bonchev–Trinajstić information content (AvgIpc) is 3.27. The normalized spacial score (nSPS) is 11.5. The third-order valence-electron chi connectivity index (χ3n) is 4.81. The van der Waals surface area contributed by atoms with E-state index in [2.05, 4.69) is 10.3 Å². The van der Waals surface area contributed by atoms with Crippen LogP contribution >= 0.6 is 11.3 Å². The second kappa shape index (κ2) is 10.7. The Balaban J connectivity index is 1.70. The summed E-state index contributed by atoms with van der Waals surface area (Å²) in [5.74, 6) is 0.416. The summed E-state index contributed by atoms with van der Waals surface area (Å²) < 4.78 is 32.4. The van der Waals surface area contributed by atoms with Gasteiger partial charge in [0.15, 0.2) is 5.13 Å². The smallest absolute Gasteiger partial charge is 0.257 e. The van der Waals surface area contributed by atoms with Crippen molar-refractivity contribution in [3.8, 4) is 17.0 Å². The first-order chi connectivity index (χ1) is 15.4. The van der Waals surface area contributed by atoms with Gasteiger partial charge in [-0.3, -0.25) is 10.1 Å². The maximum Gasteiger partial charge on any atom is 0.257 e. The fourth-order valence-electron chi connectivity index (χ4n) is 3.17. The number of benzene rings is 2. The van der Waals surface area contributed by atoms with Crippen molar-refractivity contribution in [3.63, 3.8) is 0 Å². The fraction of sp³-hybridized carbons (Fsp3) is 0.304. The highest BCUT2D eigenvalue weighted by Gasteiger charge is 2.23. The lowest BCUT2D eigenvalue weighted by Crippen LogP contribution is -2.32. The molecule has 170 valence electrons. The van der Waals surface area contributed by atoms with Crippen LogP contribution in [0.2, 0.25) is 0 Å². The molecule has 3 rings (SSSR count). The molecule has 0 spiro atoms. The van der Waals surface area contributed by atoms with E-state index in [-0.39, 0.29) is 10.8 Å². The largest absolute Gasteiger partial charge is 0.497 e. The van der Waals surface area contributed by atoms with Gasteiger partial charge in [0.25, 0.3) is 5.91 Å². The summed E-state index contributed by atoms with van der Waals surface area (Å²) >= 11 is 1.32. The molecule has 0 aliphatic heterocycles. The molecule has 1 aromatic heterocycles. The average molecular weight is 474 g/mol. The van der Waals surface area contributed by atoms with Gasteiger partial charge in [0.2, 0.25) is 10.0 Å². The molecule has 3 aromatic rings. The molecule has 0 saturated carbocycles. The molecule has 0 radical (unpaired) electrons. The quantitative estimate of drug-likeness (QED) is 0.453. The van der Waals surface area contributed by atoms with Crippen LogP contribution in [0.25, 0.3) is 11.3 Å². The molecule has 0 atom stereocenters. The molecular formula is C23H27N3O4S2. The number of ether oxygens (including phenoxy) is 1. The van der Waals surface area contributed by atoms with E-state index in [1.54, 1.807) is 7.11 Å². The third-order valence-corrected chi connectivity index (χ3v) is 7.48. The summed E-state index contributed by atoms with van der Waals surface area (Å²) in [5, 5.41) is 5.11. The van der Waals surface area contributed by atoms with Gasteiger partial charge in [0.05, 0.1) is 17.7 Å². The molecule has 0 fully saturated rings. The molecule has 32 heavy (non-hydrogen) atoms. The molecule has 1 heterocycles. The number of anilines is 1. The number of rotatable bonds is 10. The molecule has 0 aliphatic carbocycles. The second-order valence-electron chi connectivity index (χ2n) is 7.15. The molecule has 0 saturated heterocycles. The SMILES string of the molecule is CCCN(CCC)S(=O)(=O)c1ccc(C(=O)Nc2nc(-c3ccc(OC)cc3)cs2)cc1. The second-order valence-corrected chi connectivity index (χ2v) is 9.95. The summed E-state index contributed by atoms with van der Waals surface area (Å²) in [6.07, 6.45) is 1.48. The predicted octanol–water partition coefficient (Wildman–Crippen LogP) is 4.88. The van der Waals surface area contributed by atoms with Crippen LogP contribution in [0.15, 0.2) is 58.8 Å². The molecule has 0 aliphatic rings. The number of nitrogens with one attached hydrogen (secondary N) is 1. The maximum absolute atomic E-state index is 12.9. The first-order valence-corrected chi connectivity index (χ1v) is 12.7. The van der Waals surface area contributed by atoms with Crippen LogP contribution in [0.1, 0.15) is 37.0 Å². The van der Waals surface area contributed by atoms with Crippen molar-refractivity contribution in [2.24, 2.45) is 0 Å². The monoisotopic (exact) mass is 473 g/mol. The number of methoxy groups -OCH3 is 1. The predicted molar refractivity (Wildman–Crippen MR) is 128 cm³/mol. The molecule has 7 nitrogen and oxygen atoms in total. The van der Waals surface area contributed by atoms with Crippen LogP contribution in [0.4, 0.5) is 5.13 Å². The number of hydrogen-bond acceptors (Lipinski definition) is 6. The van der Waals surface area contributed by atoms with Gasteiger partial charge in [-0.1, -0.05) is 13.8 Å². The lowest BCUT2D eigenvalue weighted by Gasteiger charge is -2.21. The number of aromatic nitrogens is 1. The molecule has 2 aromatic carbocycles. The Morgan fingerprint density at radius 1 is 1.03 bits per heavy atom. The van der Waals surface area contributed by atoms with Crippen LogP contribution < -0.4 is 10.1 Å². The maximum atomic E-state index is 12.9. The van der Waals surface area contributed by atoms with Crippen molar-refractivity contribution in [1.29, 1.82) is 0 Å². The summed E-state index contributed by atoms with van der Waals surface area (Å²) in [6.45, 7) is 4.84. The van der Waals surface area contributed by atoms with Crippen molar-refractivity contribution >= 4 is 32.4 Å². The number of thiazole rings is 1. The summed E-state index contributed by atoms with van der Waals surface area (Å²) in [6, 6.07) is 13.5. The zero-order chi connectivity index (χ0) is 23.1. The Bertz CT molecular complexity index is 1130. The molecule has 9 heteroatoms. The number of sulfonamides is 1. The van der Waals surface area contributed by atoms with Gasteiger partial charge in [0.1, 0.15) is 5.75 Å².